The number of nitrogens with one attached hydrogen (secondary N) is 1. The number of nitro benzene ring substituents is 1. The van der Waals surface area contributed by atoms with Crippen LogP contribution in [0.25, 0.3) is 0 Å². The zero-order chi connectivity index (χ0) is 18.5. The molecule has 0 heterocycles. The van der Waals surface area contributed by atoms with Gasteiger partial charge in [0.15, 0.2) is 5.78 Å². The minimum absolute atomic E-state index is 0.0967. The second-order valence-electron chi connectivity index (χ2n) is 5.63. The molecule has 26 heavy (non-hydrogen) atoms. The van der Waals surface area contributed by atoms with Crippen molar-refractivity contribution < 1.29 is 14.1 Å². The average Bonchev–Trinajstić information content (AvgIpc) is 2.67. The minimum atomic E-state index is -0.564. The Hall–Kier alpha value is -3.54. The van der Waals surface area contributed by atoms with Gasteiger partial charge in [0.2, 0.25) is 0 Å². The van der Waals surface area contributed by atoms with Crippen LogP contribution in [0.15, 0.2) is 72.8 Å². The highest BCUT2D eigenvalue weighted by atomic mass is 19.1. The SMILES string of the molecule is O=C(c1ccccc1)c1ccc(NCc2ccccc2F)c([N+](=O)[O-])c1. The summed E-state index contributed by atoms with van der Waals surface area (Å²) in [6, 6.07) is 19.0. The van der Waals surface area contributed by atoms with Crippen LogP contribution >= 0.6 is 0 Å². The molecule has 1 N–H and O–H groups in total. The van der Waals surface area contributed by atoms with Crippen molar-refractivity contribution in [2.75, 3.05) is 5.32 Å². The van der Waals surface area contributed by atoms with Gasteiger partial charge >= 0.3 is 0 Å². The van der Waals surface area contributed by atoms with Crippen LogP contribution in [-0.4, -0.2) is 10.7 Å². The van der Waals surface area contributed by atoms with E-state index in [0.29, 0.717) is 11.1 Å². The lowest BCUT2D eigenvalue weighted by Crippen LogP contribution is -2.07. The van der Waals surface area contributed by atoms with E-state index in [1.807, 2.05) is 0 Å². The third kappa shape index (κ3) is 3.75. The molecule has 6 heteroatoms. The molecular weight excluding hydrogens is 335 g/mol. The maximum Gasteiger partial charge on any atom is 0.293 e. The molecule has 5 nitrogen and oxygen atoms in total. The highest BCUT2D eigenvalue weighted by Crippen LogP contribution is 2.27. The Bertz CT molecular complexity index is 958. The molecule has 0 unspecified atom stereocenters. The van der Waals surface area contributed by atoms with Crippen molar-refractivity contribution >= 4 is 17.2 Å². The van der Waals surface area contributed by atoms with Gasteiger partial charge in [0.05, 0.1) is 4.92 Å². The molecule has 3 rings (SSSR count). The molecule has 0 radical (unpaired) electrons. The second kappa shape index (κ2) is 7.57. The molecule has 130 valence electrons. The normalized spacial score (nSPS) is 10.3. The fraction of sp³-hybridized carbons (Fsp3) is 0.0500. The lowest BCUT2D eigenvalue weighted by Gasteiger charge is -2.09. The van der Waals surface area contributed by atoms with E-state index < -0.39 is 10.7 Å². The predicted octanol–water partition coefficient (Wildman–Crippen LogP) is 4.58. The summed E-state index contributed by atoms with van der Waals surface area (Å²) in [6.45, 7) is 0.0967. The third-order valence-corrected chi connectivity index (χ3v) is 3.92. The van der Waals surface area contributed by atoms with E-state index in [2.05, 4.69) is 5.32 Å². The molecule has 0 aliphatic heterocycles. The summed E-state index contributed by atoms with van der Waals surface area (Å²) in [5.41, 5.74) is 1.06. The number of ketones is 1. The summed E-state index contributed by atoms with van der Waals surface area (Å²) in [4.78, 5) is 23.3. The van der Waals surface area contributed by atoms with E-state index in [9.17, 15) is 19.3 Å². The number of carbonyl (C=O) groups excluding carboxylic acids is 1. The van der Waals surface area contributed by atoms with E-state index in [4.69, 9.17) is 0 Å². The van der Waals surface area contributed by atoms with Gasteiger partial charge in [-0.2, -0.15) is 0 Å². The van der Waals surface area contributed by atoms with Crippen LogP contribution in [0, 0.1) is 15.9 Å². The van der Waals surface area contributed by atoms with Gasteiger partial charge in [-0.15, -0.1) is 0 Å². The molecule has 0 atom stereocenters. The number of halogens is 1. The summed E-state index contributed by atoms with van der Waals surface area (Å²) < 4.78 is 13.7. The van der Waals surface area contributed by atoms with E-state index in [-0.39, 0.29) is 29.3 Å². The average molecular weight is 350 g/mol. The fourth-order valence-electron chi connectivity index (χ4n) is 2.56. The number of hydrogen-bond acceptors (Lipinski definition) is 4. The number of nitrogens with zero attached hydrogens (tertiary/aromatic N) is 1. The van der Waals surface area contributed by atoms with Crippen LogP contribution in [-0.2, 0) is 6.54 Å². The summed E-state index contributed by atoms with van der Waals surface area (Å²) in [6.07, 6.45) is 0. The quantitative estimate of drug-likeness (QED) is 0.401. The first-order valence-electron chi connectivity index (χ1n) is 7.92. The van der Waals surface area contributed by atoms with Crippen molar-refractivity contribution in [2.24, 2.45) is 0 Å². The predicted molar refractivity (Wildman–Crippen MR) is 96.7 cm³/mol. The second-order valence-corrected chi connectivity index (χ2v) is 5.63. The topological polar surface area (TPSA) is 72.2 Å². The van der Waals surface area contributed by atoms with Crippen molar-refractivity contribution in [3.63, 3.8) is 0 Å². The van der Waals surface area contributed by atoms with Crippen LogP contribution in [0.3, 0.4) is 0 Å². The van der Waals surface area contributed by atoms with Gasteiger partial charge in [-0.1, -0.05) is 48.5 Å². The smallest absolute Gasteiger partial charge is 0.293 e. The van der Waals surface area contributed by atoms with Gasteiger partial charge < -0.3 is 5.32 Å². The molecule has 0 spiro atoms. The number of carbonyl (C=O) groups is 1. The van der Waals surface area contributed by atoms with E-state index in [1.54, 1.807) is 48.5 Å². The van der Waals surface area contributed by atoms with Crippen molar-refractivity contribution in [1.29, 1.82) is 0 Å². The Labute approximate surface area is 149 Å². The lowest BCUT2D eigenvalue weighted by molar-refractivity contribution is -0.384. The molecule has 3 aromatic carbocycles. The van der Waals surface area contributed by atoms with Crippen molar-refractivity contribution in [3.05, 3.63) is 105 Å². The van der Waals surface area contributed by atoms with Crippen LogP contribution in [0.4, 0.5) is 15.8 Å². The zero-order valence-corrected chi connectivity index (χ0v) is 13.7. The van der Waals surface area contributed by atoms with E-state index >= 15 is 0 Å². The Morgan fingerprint density at radius 2 is 1.65 bits per heavy atom. The molecule has 3 aromatic rings. The van der Waals surface area contributed by atoms with Gasteiger partial charge in [-0.3, -0.25) is 14.9 Å². The van der Waals surface area contributed by atoms with Crippen molar-refractivity contribution in [1.82, 2.24) is 0 Å². The van der Waals surface area contributed by atoms with Gasteiger partial charge in [-0.25, -0.2) is 4.39 Å². The van der Waals surface area contributed by atoms with Crippen LogP contribution < -0.4 is 5.32 Å². The van der Waals surface area contributed by atoms with Gasteiger partial charge in [0, 0.05) is 29.3 Å². The van der Waals surface area contributed by atoms with Crippen LogP contribution in [0.2, 0.25) is 0 Å². The number of anilines is 1. The maximum atomic E-state index is 13.7. The molecule has 0 aromatic heterocycles. The molecular formula is C20H15FN2O3. The molecule has 0 saturated heterocycles. The first-order chi connectivity index (χ1) is 12.6. The molecule has 0 aliphatic carbocycles. The Kier molecular flexibility index (Phi) is 5.03. The molecule has 0 aliphatic rings. The monoisotopic (exact) mass is 350 g/mol. The molecule has 0 amide bonds. The molecule has 0 saturated carbocycles. The molecule has 0 fully saturated rings. The molecule has 0 bridgehead atoms. The largest absolute Gasteiger partial charge is 0.375 e. The first-order valence-corrected chi connectivity index (χ1v) is 7.92. The van der Waals surface area contributed by atoms with Crippen molar-refractivity contribution in [2.45, 2.75) is 6.54 Å². The number of nitro groups is 1. The summed E-state index contributed by atoms with van der Waals surface area (Å²) in [5.74, 6) is -0.687. The summed E-state index contributed by atoms with van der Waals surface area (Å²) in [7, 11) is 0. The van der Waals surface area contributed by atoms with Gasteiger partial charge in [0.25, 0.3) is 5.69 Å². The Balaban J connectivity index is 1.87. The Morgan fingerprint density at radius 3 is 2.35 bits per heavy atom. The van der Waals surface area contributed by atoms with Gasteiger partial charge in [0.1, 0.15) is 11.5 Å². The van der Waals surface area contributed by atoms with Crippen LogP contribution in [0.5, 0.6) is 0 Å². The Morgan fingerprint density at radius 1 is 0.962 bits per heavy atom. The maximum absolute atomic E-state index is 13.7. The zero-order valence-electron chi connectivity index (χ0n) is 13.7. The number of hydrogen-bond donors (Lipinski definition) is 1. The van der Waals surface area contributed by atoms with Crippen LogP contribution in [0.1, 0.15) is 21.5 Å². The number of rotatable bonds is 6. The van der Waals surface area contributed by atoms with E-state index in [0.717, 1.165) is 0 Å². The lowest BCUT2D eigenvalue weighted by atomic mass is 10.0. The van der Waals surface area contributed by atoms with Crippen molar-refractivity contribution in [3.8, 4) is 0 Å². The fourth-order valence-corrected chi connectivity index (χ4v) is 2.56. The minimum Gasteiger partial charge on any atom is -0.375 e. The van der Waals surface area contributed by atoms with Gasteiger partial charge in [-0.05, 0) is 18.2 Å². The summed E-state index contributed by atoms with van der Waals surface area (Å²) in [5, 5.41) is 14.3. The summed E-state index contributed by atoms with van der Waals surface area (Å²) >= 11 is 0. The standard InChI is InChI=1S/C20H15FN2O3/c21-17-9-5-4-8-16(17)13-22-18-11-10-15(12-19(18)23(25)26)20(24)14-6-2-1-3-7-14/h1-12,22H,13H2. The van der Waals surface area contributed by atoms with E-state index in [1.165, 1.54) is 24.3 Å². The first kappa shape index (κ1) is 17.3. The highest BCUT2D eigenvalue weighted by molar-refractivity contribution is 6.09. The number of benzene rings is 3. The third-order valence-electron chi connectivity index (χ3n) is 3.92. The highest BCUT2D eigenvalue weighted by Gasteiger charge is 2.18.